The van der Waals surface area contributed by atoms with Crippen molar-refractivity contribution in [3.63, 3.8) is 0 Å². The Morgan fingerprint density at radius 3 is 2.38 bits per heavy atom. The Balaban J connectivity index is 1.86. The number of hydrogen-bond acceptors (Lipinski definition) is 2. The monoisotopic (exact) mass is 290 g/mol. The molecule has 1 aliphatic rings. The van der Waals surface area contributed by atoms with Gasteiger partial charge in [-0.3, -0.25) is 4.79 Å². The molecule has 1 saturated carbocycles. The van der Waals surface area contributed by atoms with Gasteiger partial charge in [0.25, 0.3) is 0 Å². The average Bonchev–Trinajstić information content (AvgIpc) is 2.53. The van der Waals surface area contributed by atoms with E-state index in [1.807, 2.05) is 12.1 Å². The number of hydrogen-bond donors (Lipinski definition) is 1. The van der Waals surface area contributed by atoms with Gasteiger partial charge in [0.15, 0.2) is 0 Å². The van der Waals surface area contributed by atoms with Crippen LogP contribution in [0.15, 0.2) is 24.3 Å². The third-order valence-electron chi connectivity index (χ3n) is 4.66. The van der Waals surface area contributed by atoms with Crippen LogP contribution in [0.4, 0.5) is 0 Å². The highest BCUT2D eigenvalue weighted by Crippen LogP contribution is 2.36. The molecule has 1 aliphatic carbocycles. The summed E-state index contributed by atoms with van der Waals surface area (Å²) < 4.78 is 5.77. The number of carboxylic acid groups (broad SMARTS) is 1. The maximum atomic E-state index is 11.0. The number of benzene rings is 1. The van der Waals surface area contributed by atoms with Crippen molar-refractivity contribution in [1.82, 2.24) is 0 Å². The summed E-state index contributed by atoms with van der Waals surface area (Å²) in [5.41, 5.74) is 1.31. The van der Waals surface area contributed by atoms with Crippen LogP contribution in [0.2, 0.25) is 0 Å². The van der Waals surface area contributed by atoms with Crippen molar-refractivity contribution < 1.29 is 14.6 Å². The van der Waals surface area contributed by atoms with Crippen LogP contribution in [-0.2, 0) is 4.79 Å². The molecule has 0 heterocycles. The largest absolute Gasteiger partial charge is 0.493 e. The molecule has 1 atom stereocenters. The third-order valence-corrected chi connectivity index (χ3v) is 4.66. The van der Waals surface area contributed by atoms with Gasteiger partial charge in [-0.15, -0.1) is 0 Å². The van der Waals surface area contributed by atoms with E-state index in [0.717, 1.165) is 44.5 Å². The second kappa shape index (κ2) is 7.48. The molecule has 1 aromatic carbocycles. The molecule has 1 fully saturated rings. The molecule has 1 unspecified atom stereocenters. The number of carbonyl (C=O) groups is 1. The van der Waals surface area contributed by atoms with Gasteiger partial charge in [0, 0.05) is 0 Å². The minimum Gasteiger partial charge on any atom is -0.493 e. The van der Waals surface area contributed by atoms with Crippen LogP contribution in [-0.4, -0.2) is 17.7 Å². The predicted molar refractivity (Wildman–Crippen MR) is 83.7 cm³/mol. The molecule has 0 spiro atoms. The number of aliphatic carboxylic acids is 1. The van der Waals surface area contributed by atoms with Gasteiger partial charge in [0.1, 0.15) is 5.75 Å². The second-order valence-corrected chi connectivity index (χ2v) is 6.28. The molecule has 3 heteroatoms. The Hall–Kier alpha value is -1.51. The lowest BCUT2D eigenvalue weighted by molar-refractivity contribution is -0.142. The van der Waals surface area contributed by atoms with Crippen LogP contribution in [0.3, 0.4) is 0 Å². The van der Waals surface area contributed by atoms with E-state index in [1.165, 1.54) is 5.56 Å². The van der Waals surface area contributed by atoms with Crippen LogP contribution in [0.25, 0.3) is 0 Å². The van der Waals surface area contributed by atoms with Crippen molar-refractivity contribution in [1.29, 1.82) is 0 Å². The van der Waals surface area contributed by atoms with Gasteiger partial charge in [-0.05, 0) is 55.2 Å². The van der Waals surface area contributed by atoms with E-state index in [9.17, 15) is 4.79 Å². The van der Waals surface area contributed by atoms with Gasteiger partial charge in [-0.25, -0.2) is 0 Å². The molecule has 0 amide bonds. The summed E-state index contributed by atoms with van der Waals surface area (Å²) in [4.78, 5) is 11.0. The molecule has 0 radical (unpaired) electrons. The van der Waals surface area contributed by atoms with Crippen molar-refractivity contribution in [2.75, 3.05) is 6.61 Å². The maximum absolute atomic E-state index is 11.0. The van der Waals surface area contributed by atoms with Crippen molar-refractivity contribution >= 4 is 5.97 Å². The van der Waals surface area contributed by atoms with Crippen LogP contribution in [0.5, 0.6) is 5.75 Å². The lowest BCUT2D eigenvalue weighted by atomic mass is 9.79. The van der Waals surface area contributed by atoms with Gasteiger partial charge in [0.05, 0.1) is 12.5 Å². The zero-order valence-corrected chi connectivity index (χ0v) is 13.0. The van der Waals surface area contributed by atoms with Gasteiger partial charge in [-0.2, -0.15) is 0 Å². The first-order chi connectivity index (χ1) is 10.1. The van der Waals surface area contributed by atoms with E-state index in [2.05, 4.69) is 26.0 Å². The van der Waals surface area contributed by atoms with E-state index >= 15 is 0 Å². The van der Waals surface area contributed by atoms with Crippen LogP contribution >= 0.6 is 0 Å². The van der Waals surface area contributed by atoms with Gasteiger partial charge in [0.2, 0.25) is 0 Å². The molecule has 2 rings (SSSR count). The second-order valence-electron chi connectivity index (χ2n) is 6.28. The lowest BCUT2D eigenvalue weighted by Gasteiger charge is -2.26. The standard InChI is InChI=1S/C18H26O3/c1-3-13(2)12-21-17-10-8-15(9-11-17)14-4-6-16(7-5-14)18(19)20/h8-11,13-14,16H,3-7,12H2,1-2H3,(H,19,20)/t13?,14-,16-. The smallest absolute Gasteiger partial charge is 0.306 e. The molecule has 3 nitrogen and oxygen atoms in total. The quantitative estimate of drug-likeness (QED) is 0.840. The van der Waals surface area contributed by atoms with Crippen LogP contribution < -0.4 is 4.74 Å². The highest BCUT2D eigenvalue weighted by atomic mass is 16.5. The molecule has 1 aromatic rings. The minimum atomic E-state index is -0.637. The SMILES string of the molecule is CCC(C)COc1ccc([C@H]2CC[C@H](C(=O)O)CC2)cc1. The summed E-state index contributed by atoms with van der Waals surface area (Å²) in [6.45, 7) is 5.12. The zero-order chi connectivity index (χ0) is 15.2. The first-order valence-corrected chi connectivity index (χ1v) is 8.05. The van der Waals surface area contributed by atoms with Gasteiger partial charge >= 0.3 is 5.97 Å². The molecule has 0 bridgehead atoms. The lowest BCUT2D eigenvalue weighted by Crippen LogP contribution is -2.20. The summed E-state index contributed by atoms with van der Waals surface area (Å²) >= 11 is 0. The summed E-state index contributed by atoms with van der Waals surface area (Å²) in [5.74, 6) is 1.24. The van der Waals surface area contributed by atoms with E-state index < -0.39 is 5.97 Å². The van der Waals surface area contributed by atoms with E-state index in [-0.39, 0.29) is 5.92 Å². The molecule has 0 saturated heterocycles. The van der Waals surface area contributed by atoms with Gasteiger partial charge in [-0.1, -0.05) is 32.4 Å². The summed E-state index contributed by atoms with van der Waals surface area (Å²) in [6, 6.07) is 8.36. The molecule has 116 valence electrons. The first kappa shape index (κ1) is 15.9. The third kappa shape index (κ3) is 4.48. The highest BCUT2D eigenvalue weighted by molar-refractivity contribution is 5.70. The normalized spacial score (nSPS) is 23.5. The van der Waals surface area contributed by atoms with Crippen molar-refractivity contribution in [3.05, 3.63) is 29.8 Å². The van der Waals surface area contributed by atoms with E-state index in [1.54, 1.807) is 0 Å². The van der Waals surface area contributed by atoms with Crippen LogP contribution in [0.1, 0.15) is 57.4 Å². The number of rotatable bonds is 6. The molecular formula is C18H26O3. The maximum Gasteiger partial charge on any atom is 0.306 e. The Morgan fingerprint density at radius 2 is 1.86 bits per heavy atom. The Kier molecular flexibility index (Phi) is 5.66. The molecular weight excluding hydrogens is 264 g/mol. The molecule has 0 aromatic heterocycles. The molecule has 21 heavy (non-hydrogen) atoms. The topological polar surface area (TPSA) is 46.5 Å². The fourth-order valence-electron chi connectivity index (χ4n) is 2.87. The fraction of sp³-hybridized carbons (Fsp3) is 0.611. The van der Waals surface area contributed by atoms with E-state index in [4.69, 9.17) is 9.84 Å². The molecule has 0 aliphatic heterocycles. The fourth-order valence-corrected chi connectivity index (χ4v) is 2.87. The van der Waals surface area contributed by atoms with Crippen molar-refractivity contribution in [3.8, 4) is 5.75 Å². The average molecular weight is 290 g/mol. The Morgan fingerprint density at radius 1 is 1.24 bits per heavy atom. The first-order valence-electron chi connectivity index (χ1n) is 8.05. The summed E-state index contributed by atoms with van der Waals surface area (Å²) in [7, 11) is 0. The predicted octanol–water partition coefficient (Wildman–Crippen LogP) is 4.47. The van der Waals surface area contributed by atoms with Crippen molar-refractivity contribution in [2.45, 2.75) is 51.9 Å². The summed E-state index contributed by atoms with van der Waals surface area (Å²) in [5, 5.41) is 9.04. The van der Waals surface area contributed by atoms with Gasteiger partial charge < -0.3 is 9.84 Å². The Labute approximate surface area is 127 Å². The van der Waals surface area contributed by atoms with Crippen molar-refractivity contribution in [2.24, 2.45) is 11.8 Å². The summed E-state index contributed by atoms with van der Waals surface area (Å²) in [6.07, 6.45) is 4.68. The van der Waals surface area contributed by atoms with Crippen LogP contribution in [0, 0.1) is 11.8 Å². The minimum absolute atomic E-state index is 0.139. The number of carboxylic acids is 1. The molecule has 1 N–H and O–H groups in total. The van der Waals surface area contributed by atoms with E-state index in [0.29, 0.717) is 11.8 Å². The number of ether oxygens (including phenoxy) is 1. The highest BCUT2D eigenvalue weighted by Gasteiger charge is 2.26. The zero-order valence-electron chi connectivity index (χ0n) is 13.0. The Bertz CT molecular complexity index is 444.